The maximum Gasteiger partial charge on any atom is 0.164 e. The number of halogens is 1. The fraction of sp³-hybridized carbons (Fsp3) is 0.300. The van der Waals surface area contributed by atoms with Gasteiger partial charge in [0.1, 0.15) is 17.3 Å². The molecule has 36 heavy (non-hydrogen) atoms. The van der Waals surface area contributed by atoms with E-state index in [1.807, 2.05) is 24.4 Å². The number of aromatic nitrogens is 4. The molecule has 3 aliphatic carbocycles. The summed E-state index contributed by atoms with van der Waals surface area (Å²) in [6.07, 6.45) is 8.30. The normalized spacial score (nSPS) is 23.4. The van der Waals surface area contributed by atoms with Crippen molar-refractivity contribution in [1.29, 1.82) is 0 Å². The van der Waals surface area contributed by atoms with Crippen molar-refractivity contribution in [2.45, 2.75) is 38.6 Å². The number of nitrogens with one attached hydrogen (secondary N) is 2. The van der Waals surface area contributed by atoms with Crippen LogP contribution >= 0.6 is 0 Å². The molecule has 0 aliphatic heterocycles. The van der Waals surface area contributed by atoms with Crippen molar-refractivity contribution in [2.24, 2.45) is 17.8 Å². The van der Waals surface area contributed by atoms with E-state index < -0.39 is 0 Å². The zero-order chi connectivity index (χ0) is 24.2. The number of pyridine rings is 1. The van der Waals surface area contributed by atoms with Crippen LogP contribution in [0.25, 0.3) is 44.5 Å². The van der Waals surface area contributed by atoms with Crippen molar-refractivity contribution in [3.05, 3.63) is 72.8 Å². The molecule has 2 N–H and O–H groups in total. The van der Waals surface area contributed by atoms with Crippen molar-refractivity contribution >= 4 is 27.8 Å². The topological polar surface area (TPSA) is 66.5 Å². The summed E-state index contributed by atoms with van der Waals surface area (Å²) in [4.78, 5) is 17.5. The van der Waals surface area contributed by atoms with Gasteiger partial charge >= 0.3 is 0 Å². The Bertz CT molecular complexity index is 1570. The van der Waals surface area contributed by atoms with E-state index in [9.17, 15) is 4.39 Å². The minimum atomic E-state index is -0.375. The molecule has 3 saturated carbocycles. The summed E-state index contributed by atoms with van der Waals surface area (Å²) in [5.74, 6) is 3.11. The molecule has 180 valence electrons. The van der Waals surface area contributed by atoms with Gasteiger partial charge in [0.25, 0.3) is 0 Å². The monoisotopic (exact) mass is 477 g/mol. The van der Waals surface area contributed by atoms with Gasteiger partial charge in [0.2, 0.25) is 0 Å². The molecule has 2 atom stereocenters. The highest BCUT2D eigenvalue weighted by atomic mass is 19.1. The lowest BCUT2D eigenvalue weighted by Gasteiger charge is -2.47. The van der Waals surface area contributed by atoms with Crippen molar-refractivity contribution in [2.75, 3.05) is 5.32 Å². The Morgan fingerprint density at radius 3 is 2.50 bits per heavy atom. The first-order valence-electron chi connectivity index (χ1n) is 12.9. The number of H-pyrrole nitrogens is 1. The standard InChI is InChI=1S/C30H28FN5/c1-17-18-10-12-20(13-11-18)26(17)34-29-23-9-5-8-22(19-6-3-2-4-7-19)27(23)35-30(36-29)25-16-33-28-24(25)14-21(31)15-32-28/h2-9,14-18,20,26H,10-13H2,1H3,(H,32,33)(H,34,35,36). The Morgan fingerprint density at radius 2 is 1.69 bits per heavy atom. The van der Waals surface area contributed by atoms with Gasteiger partial charge in [-0.2, -0.15) is 0 Å². The van der Waals surface area contributed by atoms with Gasteiger partial charge in [-0.05, 0) is 61.1 Å². The third kappa shape index (κ3) is 3.47. The number of fused-ring (bicyclic) bond motifs is 5. The van der Waals surface area contributed by atoms with Crippen LogP contribution in [-0.2, 0) is 0 Å². The van der Waals surface area contributed by atoms with Gasteiger partial charge in [-0.3, -0.25) is 0 Å². The molecule has 5 aromatic rings. The first kappa shape index (κ1) is 21.5. The van der Waals surface area contributed by atoms with E-state index in [1.54, 1.807) is 0 Å². The number of nitrogens with zero attached hydrogens (tertiary/aromatic N) is 3. The zero-order valence-electron chi connectivity index (χ0n) is 20.2. The minimum absolute atomic E-state index is 0.375. The summed E-state index contributed by atoms with van der Waals surface area (Å²) in [6, 6.07) is 18.5. The molecule has 3 heterocycles. The van der Waals surface area contributed by atoms with E-state index >= 15 is 0 Å². The van der Waals surface area contributed by atoms with Gasteiger partial charge in [-0.25, -0.2) is 19.3 Å². The molecule has 2 aromatic carbocycles. The van der Waals surface area contributed by atoms with Crippen LogP contribution in [0.1, 0.15) is 32.6 Å². The fourth-order valence-corrected chi connectivity index (χ4v) is 6.56. The highest BCUT2D eigenvalue weighted by molar-refractivity contribution is 6.01. The summed E-state index contributed by atoms with van der Waals surface area (Å²) in [6.45, 7) is 2.39. The maximum atomic E-state index is 14.1. The fourth-order valence-electron chi connectivity index (χ4n) is 6.56. The van der Waals surface area contributed by atoms with Gasteiger partial charge in [0.05, 0.1) is 11.7 Å². The number of para-hydroxylation sites is 1. The van der Waals surface area contributed by atoms with Crippen LogP contribution in [0.5, 0.6) is 0 Å². The summed E-state index contributed by atoms with van der Waals surface area (Å²) < 4.78 is 14.1. The smallest absolute Gasteiger partial charge is 0.164 e. The van der Waals surface area contributed by atoms with Gasteiger partial charge in [0.15, 0.2) is 5.82 Å². The highest BCUT2D eigenvalue weighted by Gasteiger charge is 2.41. The van der Waals surface area contributed by atoms with Crippen LogP contribution < -0.4 is 5.32 Å². The lowest BCUT2D eigenvalue weighted by molar-refractivity contribution is 0.0929. The van der Waals surface area contributed by atoms with E-state index in [0.717, 1.165) is 39.3 Å². The van der Waals surface area contributed by atoms with Crippen molar-refractivity contribution in [3.8, 4) is 22.5 Å². The van der Waals surface area contributed by atoms with Crippen LogP contribution in [-0.4, -0.2) is 26.0 Å². The van der Waals surface area contributed by atoms with Crippen LogP contribution in [0, 0.1) is 23.6 Å². The van der Waals surface area contributed by atoms with Crippen LogP contribution in [0.4, 0.5) is 10.2 Å². The quantitative estimate of drug-likeness (QED) is 0.287. The Balaban J connectivity index is 1.44. The molecule has 0 spiro atoms. The molecule has 2 unspecified atom stereocenters. The third-order valence-corrected chi connectivity index (χ3v) is 8.49. The Kier molecular flexibility index (Phi) is 5.01. The predicted octanol–water partition coefficient (Wildman–Crippen LogP) is 7.22. The first-order valence-corrected chi connectivity index (χ1v) is 12.9. The minimum Gasteiger partial charge on any atom is -0.366 e. The summed E-state index contributed by atoms with van der Waals surface area (Å²) in [5, 5.41) is 5.59. The number of hydrogen-bond donors (Lipinski definition) is 2. The summed E-state index contributed by atoms with van der Waals surface area (Å²) >= 11 is 0. The molecular formula is C30H28FN5. The molecule has 6 heteroatoms. The number of hydrogen-bond acceptors (Lipinski definition) is 4. The lowest BCUT2D eigenvalue weighted by atomic mass is 9.62. The van der Waals surface area contributed by atoms with E-state index in [2.05, 4.69) is 52.5 Å². The molecule has 3 aromatic heterocycles. The van der Waals surface area contributed by atoms with E-state index in [-0.39, 0.29) is 5.82 Å². The summed E-state index contributed by atoms with van der Waals surface area (Å²) in [5.41, 5.74) is 4.43. The molecular weight excluding hydrogens is 449 g/mol. The largest absolute Gasteiger partial charge is 0.366 e. The lowest BCUT2D eigenvalue weighted by Crippen LogP contribution is -2.47. The van der Waals surface area contributed by atoms with Crippen LogP contribution in [0.3, 0.4) is 0 Å². The number of aromatic amines is 1. The molecule has 0 radical (unpaired) electrons. The average molecular weight is 478 g/mol. The van der Waals surface area contributed by atoms with Crippen molar-refractivity contribution < 1.29 is 4.39 Å². The van der Waals surface area contributed by atoms with Crippen molar-refractivity contribution in [1.82, 2.24) is 19.9 Å². The van der Waals surface area contributed by atoms with Gasteiger partial charge in [0, 0.05) is 34.1 Å². The Labute approximate surface area is 209 Å². The molecule has 0 amide bonds. The SMILES string of the molecule is CC1C2CCC(CC2)C1Nc1nc(-c2c[nH]c3ncc(F)cc23)nc2c(-c3ccccc3)cccc12. The molecule has 3 fully saturated rings. The van der Waals surface area contributed by atoms with Crippen LogP contribution in [0.2, 0.25) is 0 Å². The second kappa shape index (κ2) is 8.40. The second-order valence-corrected chi connectivity index (χ2v) is 10.4. The van der Waals surface area contributed by atoms with Crippen molar-refractivity contribution in [3.63, 3.8) is 0 Å². The number of benzene rings is 2. The van der Waals surface area contributed by atoms with Crippen LogP contribution in [0.15, 0.2) is 67.0 Å². The first-order chi connectivity index (χ1) is 17.7. The molecule has 8 rings (SSSR count). The second-order valence-electron chi connectivity index (χ2n) is 10.4. The third-order valence-electron chi connectivity index (χ3n) is 8.49. The zero-order valence-corrected chi connectivity index (χ0v) is 20.2. The Hall–Kier alpha value is -3.80. The van der Waals surface area contributed by atoms with Gasteiger partial charge in [-0.1, -0.05) is 49.4 Å². The molecule has 3 aliphatic rings. The summed E-state index contributed by atoms with van der Waals surface area (Å²) in [7, 11) is 0. The van der Waals surface area contributed by atoms with Gasteiger partial charge in [-0.15, -0.1) is 0 Å². The maximum absolute atomic E-state index is 14.1. The average Bonchev–Trinajstić information content (AvgIpc) is 3.34. The van der Waals surface area contributed by atoms with E-state index in [1.165, 1.54) is 37.9 Å². The molecule has 5 nitrogen and oxygen atoms in total. The van der Waals surface area contributed by atoms with E-state index in [4.69, 9.17) is 9.97 Å². The highest BCUT2D eigenvalue weighted by Crippen LogP contribution is 2.46. The Morgan fingerprint density at radius 1 is 0.889 bits per heavy atom. The molecule has 0 saturated heterocycles. The number of anilines is 1. The number of rotatable bonds is 4. The van der Waals surface area contributed by atoms with E-state index in [0.29, 0.717) is 34.7 Å². The van der Waals surface area contributed by atoms with Gasteiger partial charge < -0.3 is 10.3 Å². The predicted molar refractivity (Wildman–Crippen MR) is 142 cm³/mol. The molecule has 2 bridgehead atoms.